The van der Waals surface area contributed by atoms with E-state index in [-0.39, 0.29) is 35.7 Å². The van der Waals surface area contributed by atoms with Crippen LogP contribution in [0.5, 0.6) is 5.75 Å². The fraction of sp³-hybridized carbons (Fsp3) is 0.297. The molecule has 0 aliphatic heterocycles. The van der Waals surface area contributed by atoms with Gasteiger partial charge in [0.25, 0.3) is 10.0 Å². The molecule has 242 valence electrons. The van der Waals surface area contributed by atoms with Crippen molar-refractivity contribution in [1.82, 2.24) is 10.2 Å². The van der Waals surface area contributed by atoms with Gasteiger partial charge < -0.3 is 15.0 Å². The summed E-state index contributed by atoms with van der Waals surface area (Å²) in [7, 11) is -2.60. The minimum Gasteiger partial charge on any atom is -0.497 e. The van der Waals surface area contributed by atoms with E-state index in [0.29, 0.717) is 11.4 Å². The average Bonchev–Trinajstić information content (AvgIpc) is 3.05. The van der Waals surface area contributed by atoms with Crippen molar-refractivity contribution in [3.63, 3.8) is 0 Å². The number of benzene rings is 4. The number of nitrogens with one attached hydrogen (secondary N) is 1. The van der Waals surface area contributed by atoms with Crippen LogP contribution < -0.4 is 14.4 Å². The van der Waals surface area contributed by atoms with Gasteiger partial charge >= 0.3 is 0 Å². The number of anilines is 1. The second-order valence-corrected chi connectivity index (χ2v) is 13.7. The molecule has 4 aromatic rings. The fourth-order valence-electron chi connectivity index (χ4n) is 5.18. The Hall–Kier alpha value is -4.63. The van der Waals surface area contributed by atoms with Gasteiger partial charge in [-0.15, -0.1) is 0 Å². The zero-order valence-electron chi connectivity index (χ0n) is 27.1. The van der Waals surface area contributed by atoms with Crippen LogP contribution in [-0.2, 0) is 32.6 Å². The van der Waals surface area contributed by atoms with Crippen molar-refractivity contribution in [2.75, 3.05) is 18.0 Å². The standard InChI is InChI=1S/C37H43N3O5S/c1-27(2)31-19-21-32(22-20-31)40(46(43,44)34-17-10-7-11-18-34)26-36(41)39(25-30-15-12-16-33(23-30)45-5)35(37(42)38-28(3)4)24-29-13-8-6-9-14-29/h6-23,27-28,35H,24-26H2,1-5H3,(H,38,42)/t35-/m0/s1. The van der Waals surface area contributed by atoms with Gasteiger partial charge in [0.05, 0.1) is 17.7 Å². The molecule has 4 rings (SSSR count). The maximum atomic E-state index is 14.6. The summed E-state index contributed by atoms with van der Waals surface area (Å²) in [5, 5.41) is 2.98. The first kappa shape index (κ1) is 34.2. The Morgan fingerprint density at radius 1 is 0.783 bits per heavy atom. The summed E-state index contributed by atoms with van der Waals surface area (Å²) in [6, 6.07) is 30.9. The van der Waals surface area contributed by atoms with Gasteiger partial charge in [-0.25, -0.2) is 8.42 Å². The smallest absolute Gasteiger partial charge is 0.264 e. The van der Waals surface area contributed by atoms with Gasteiger partial charge in [-0.1, -0.05) is 86.6 Å². The molecule has 46 heavy (non-hydrogen) atoms. The number of carbonyl (C=O) groups excluding carboxylic acids is 2. The number of nitrogens with zero attached hydrogens (tertiary/aromatic N) is 2. The molecule has 8 nitrogen and oxygen atoms in total. The quantitative estimate of drug-likeness (QED) is 0.178. The second-order valence-electron chi connectivity index (χ2n) is 11.8. The molecular weight excluding hydrogens is 598 g/mol. The van der Waals surface area contributed by atoms with E-state index in [1.807, 2.05) is 74.5 Å². The number of hydrogen-bond donors (Lipinski definition) is 1. The molecule has 0 bridgehead atoms. The lowest BCUT2D eigenvalue weighted by Gasteiger charge is -2.34. The summed E-state index contributed by atoms with van der Waals surface area (Å²) in [6.07, 6.45) is 0.240. The molecule has 4 aromatic carbocycles. The molecule has 0 spiro atoms. The Balaban J connectivity index is 1.81. The van der Waals surface area contributed by atoms with E-state index in [4.69, 9.17) is 4.74 Å². The van der Waals surface area contributed by atoms with Crippen LogP contribution in [-0.4, -0.2) is 50.9 Å². The molecule has 0 saturated carbocycles. The monoisotopic (exact) mass is 641 g/mol. The zero-order chi connectivity index (χ0) is 33.3. The van der Waals surface area contributed by atoms with Crippen LogP contribution in [0.25, 0.3) is 0 Å². The van der Waals surface area contributed by atoms with E-state index in [0.717, 1.165) is 21.0 Å². The van der Waals surface area contributed by atoms with E-state index < -0.39 is 28.5 Å². The van der Waals surface area contributed by atoms with Crippen molar-refractivity contribution in [2.45, 2.75) is 63.6 Å². The van der Waals surface area contributed by atoms with Crippen LogP contribution in [0.4, 0.5) is 5.69 Å². The molecule has 0 saturated heterocycles. The number of sulfonamides is 1. The summed E-state index contributed by atoms with van der Waals surface area (Å²) in [4.78, 5) is 29.9. The van der Waals surface area contributed by atoms with Crippen LogP contribution in [0.2, 0.25) is 0 Å². The number of carbonyl (C=O) groups is 2. The number of methoxy groups -OCH3 is 1. The van der Waals surface area contributed by atoms with Gasteiger partial charge in [0.15, 0.2) is 0 Å². The molecule has 0 heterocycles. The molecule has 0 aliphatic carbocycles. The van der Waals surface area contributed by atoms with Crippen molar-refractivity contribution >= 4 is 27.5 Å². The Morgan fingerprint density at radius 3 is 1.98 bits per heavy atom. The first-order valence-corrected chi connectivity index (χ1v) is 16.9. The van der Waals surface area contributed by atoms with E-state index in [1.54, 1.807) is 43.5 Å². The number of rotatable bonds is 14. The molecule has 0 unspecified atom stereocenters. The molecular formula is C37H43N3O5S. The third kappa shape index (κ3) is 8.75. The minimum atomic E-state index is -4.16. The van der Waals surface area contributed by atoms with Crippen LogP contribution in [0.15, 0.2) is 114 Å². The van der Waals surface area contributed by atoms with Gasteiger partial charge in [-0.2, -0.15) is 0 Å². The maximum Gasteiger partial charge on any atom is 0.264 e. The van der Waals surface area contributed by atoms with Gasteiger partial charge in [0.2, 0.25) is 11.8 Å². The summed E-state index contributed by atoms with van der Waals surface area (Å²) in [5.41, 5.74) is 3.00. The summed E-state index contributed by atoms with van der Waals surface area (Å²) < 4.78 is 34.9. The largest absolute Gasteiger partial charge is 0.497 e. The van der Waals surface area contributed by atoms with E-state index >= 15 is 0 Å². The van der Waals surface area contributed by atoms with Crippen molar-refractivity contribution in [2.24, 2.45) is 0 Å². The SMILES string of the molecule is COc1cccc(CN(C(=O)CN(c2ccc(C(C)C)cc2)S(=O)(=O)c2ccccc2)[C@@H](Cc2ccccc2)C(=O)NC(C)C)c1. The maximum absolute atomic E-state index is 14.6. The third-order valence-electron chi connectivity index (χ3n) is 7.65. The lowest BCUT2D eigenvalue weighted by Crippen LogP contribution is -2.54. The molecule has 1 atom stereocenters. The normalized spacial score (nSPS) is 12.1. The molecule has 0 aliphatic rings. The first-order valence-electron chi connectivity index (χ1n) is 15.4. The van der Waals surface area contributed by atoms with Crippen LogP contribution in [0.3, 0.4) is 0 Å². The highest BCUT2D eigenvalue weighted by molar-refractivity contribution is 7.92. The highest BCUT2D eigenvalue weighted by Crippen LogP contribution is 2.27. The fourth-order valence-corrected chi connectivity index (χ4v) is 6.61. The number of amides is 2. The van der Waals surface area contributed by atoms with Gasteiger partial charge in [0, 0.05) is 19.0 Å². The molecule has 0 fully saturated rings. The Bertz CT molecular complexity index is 1690. The molecule has 1 N–H and O–H groups in total. The highest BCUT2D eigenvalue weighted by atomic mass is 32.2. The Kier molecular flexibility index (Phi) is 11.6. The van der Waals surface area contributed by atoms with E-state index in [2.05, 4.69) is 19.2 Å². The molecule has 9 heteroatoms. The van der Waals surface area contributed by atoms with Crippen molar-refractivity contribution in [3.8, 4) is 5.75 Å². The van der Waals surface area contributed by atoms with Gasteiger partial charge in [0.1, 0.15) is 18.3 Å². The third-order valence-corrected chi connectivity index (χ3v) is 9.43. The topological polar surface area (TPSA) is 96.0 Å². The Morgan fingerprint density at radius 2 is 1.39 bits per heavy atom. The van der Waals surface area contributed by atoms with Gasteiger partial charge in [-0.3, -0.25) is 13.9 Å². The first-order chi connectivity index (χ1) is 22.0. The predicted octanol–water partition coefficient (Wildman–Crippen LogP) is 6.18. The summed E-state index contributed by atoms with van der Waals surface area (Å²) in [6.45, 7) is 7.39. The van der Waals surface area contributed by atoms with Gasteiger partial charge in [-0.05, 0) is 72.9 Å². The second kappa shape index (κ2) is 15.6. The number of ether oxygens (including phenoxy) is 1. The Labute approximate surface area is 273 Å². The highest BCUT2D eigenvalue weighted by Gasteiger charge is 2.35. The summed E-state index contributed by atoms with van der Waals surface area (Å²) >= 11 is 0. The number of hydrogen-bond acceptors (Lipinski definition) is 5. The molecule has 0 radical (unpaired) electrons. The summed E-state index contributed by atoms with van der Waals surface area (Å²) in [5.74, 6) is 0.00467. The lowest BCUT2D eigenvalue weighted by atomic mass is 10.0. The van der Waals surface area contributed by atoms with Crippen molar-refractivity contribution in [3.05, 3.63) is 126 Å². The van der Waals surface area contributed by atoms with Crippen LogP contribution >= 0.6 is 0 Å². The van der Waals surface area contributed by atoms with Crippen LogP contribution in [0, 0.1) is 0 Å². The van der Waals surface area contributed by atoms with Crippen molar-refractivity contribution < 1.29 is 22.7 Å². The van der Waals surface area contributed by atoms with Crippen LogP contribution in [0.1, 0.15) is 50.3 Å². The predicted molar refractivity (Wildman–Crippen MR) is 182 cm³/mol. The molecule has 0 aromatic heterocycles. The zero-order valence-corrected chi connectivity index (χ0v) is 27.9. The molecule has 2 amide bonds. The van der Waals surface area contributed by atoms with E-state index in [1.165, 1.54) is 17.0 Å². The average molecular weight is 642 g/mol. The van der Waals surface area contributed by atoms with Crippen molar-refractivity contribution in [1.29, 1.82) is 0 Å². The minimum absolute atomic E-state index is 0.0601. The van der Waals surface area contributed by atoms with E-state index in [9.17, 15) is 18.0 Å². The lowest BCUT2D eigenvalue weighted by molar-refractivity contribution is -0.140.